The molecule has 1 aromatic heterocycles. The standard InChI is InChI=1S/C32H36N2O7S/c1-7-38-25-16-21(10-15-24(25)41-18-27(35)39-8-2)17-26-30(36)34-29(23-13-11-22(12-14-23)19(4)5)28(31(37)40-9-3)20(6)33-32(34)42-26/h10-17,19,29H,7-9,18H2,1-6H3/b26-17-/t29-/m0/s1. The minimum absolute atomic E-state index is 0.209. The zero-order valence-corrected chi connectivity index (χ0v) is 25.6. The van der Waals surface area contributed by atoms with E-state index in [2.05, 4.69) is 18.8 Å². The number of rotatable bonds is 11. The number of aromatic nitrogens is 1. The third-order valence-electron chi connectivity index (χ3n) is 6.65. The van der Waals surface area contributed by atoms with E-state index in [0.29, 0.717) is 50.2 Å². The van der Waals surface area contributed by atoms with Crippen molar-refractivity contribution in [3.63, 3.8) is 0 Å². The number of thiazole rings is 1. The van der Waals surface area contributed by atoms with Crippen LogP contribution in [0.1, 0.15) is 70.2 Å². The highest BCUT2D eigenvalue weighted by Crippen LogP contribution is 2.32. The van der Waals surface area contributed by atoms with Gasteiger partial charge in [0.2, 0.25) is 0 Å². The Balaban J connectivity index is 1.80. The van der Waals surface area contributed by atoms with Crippen LogP contribution in [0.2, 0.25) is 0 Å². The zero-order valence-electron chi connectivity index (χ0n) is 24.8. The molecule has 0 aliphatic carbocycles. The molecule has 1 atom stereocenters. The Morgan fingerprint density at radius 2 is 1.69 bits per heavy atom. The molecule has 0 saturated carbocycles. The molecular formula is C32H36N2O7S. The van der Waals surface area contributed by atoms with E-state index in [0.717, 1.165) is 11.1 Å². The van der Waals surface area contributed by atoms with Crippen molar-refractivity contribution in [3.8, 4) is 11.5 Å². The van der Waals surface area contributed by atoms with Crippen molar-refractivity contribution in [2.24, 2.45) is 4.99 Å². The quantitative estimate of drug-likeness (QED) is 0.307. The summed E-state index contributed by atoms with van der Waals surface area (Å²) in [4.78, 5) is 44.0. The SMILES string of the molecule is CCOC(=O)COc1ccc(/C=c2\sc3n(c2=O)[C@@H](c2ccc(C(C)C)cc2)C(C(=O)OCC)=C(C)N=3)cc1OCC. The summed E-state index contributed by atoms with van der Waals surface area (Å²) in [5.74, 6) is 0.197. The van der Waals surface area contributed by atoms with E-state index in [1.165, 1.54) is 11.3 Å². The normalized spacial score (nSPS) is 14.8. The van der Waals surface area contributed by atoms with Crippen molar-refractivity contribution in [1.82, 2.24) is 4.57 Å². The molecule has 0 N–H and O–H groups in total. The Kier molecular flexibility index (Phi) is 10.0. The smallest absolute Gasteiger partial charge is 0.344 e. The van der Waals surface area contributed by atoms with E-state index in [-0.39, 0.29) is 25.4 Å². The van der Waals surface area contributed by atoms with Gasteiger partial charge >= 0.3 is 11.9 Å². The first-order valence-corrected chi connectivity index (χ1v) is 14.8. The second kappa shape index (κ2) is 13.7. The van der Waals surface area contributed by atoms with Crippen LogP contribution in [0.4, 0.5) is 0 Å². The number of ether oxygens (including phenoxy) is 4. The number of carbonyl (C=O) groups excluding carboxylic acids is 2. The Bertz CT molecular complexity index is 1670. The van der Waals surface area contributed by atoms with Crippen LogP contribution < -0.4 is 24.4 Å². The first-order chi connectivity index (χ1) is 20.2. The van der Waals surface area contributed by atoms with Crippen LogP contribution in [0.15, 0.2) is 63.5 Å². The van der Waals surface area contributed by atoms with Crippen molar-refractivity contribution in [1.29, 1.82) is 0 Å². The van der Waals surface area contributed by atoms with E-state index >= 15 is 0 Å². The molecular weight excluding hydrogens is 556 g/mol. The fraction of sp³-hybridized carbons (Fsp3) is 0.375. The maximum Gasteiger partial charge on any atom is 0.344 e. The van der Waals surface area contributed by atoms with Crippen molar-refractivity contribution >= 4 is 29.4 Å². The highest BCUT2D eigenvalue weighted by molar-refractivity contribution is 7.07. The molecule has 10 heteroatoms. The number of fused-ring (bicyclic) bond motifs is 1. The Labute approximate surface area is 248 Å². The maximum atomic E-state index is 13.9. The van der Waals surface area contributed by atoms with Crippen LogP contribution in [0.5, 0.6) is 11.5 Å². The second-order valence-electron chi connectivity index (χ2n) is 9.86. The van der Waals surface area contributed by atoms with E-state index in [4.69, 9.17) is 18.9 Å². The summed E-state index contributed by atoms with van der Waals surface area (Å²) in [5, 5.41) is 0. The third kappa shape index (κ3) is 6.65. The van der Waals surface area contributed by atoms with Crippen LogP contribution in [-0.2, 0) is 19.1 Å². The number of esters is 2. The third-order valence-corrected chi connectivity index (χ3v) is 7.64. The molecule has 2 heterocycles. The number of allylic oxidation sites excluding steroid dienone is 1. The maximum absolute atomic E-state index is 13.9. The lowest BCUT2D eigenvalue weighted by Gasteiger charge is -2.25. The lowest BCUT2D eigenvalue weighted by Crippen LogP contribution is -2.39. The van der Waals surface area contributed by atoms with E-state index < -0.39 is 18.0 Å². The first kappa shape index (κ1) is 30.8. The molecule has 0 saturated heterocycles. The molecule has 1 aliphatic heterocycles. The number of benzene rings is 2. The molecule has 0 spiro atoms. The minimum atomic E-state index is -0.679. The van der Waals surface area contributed by atoms with Crippen molar-refractivity contribution < 1.29 is 28.5 Å². The van der Waals surface area contributed by atoms with Gasteiger partial charge in [-0.15, -0.1) is 0 Å². The van der Waals surface area contributed by atoms with Crippen LogP contribution in [0.3, 0.4) is 0 Å². The van der Waals surface area contributed by atoms with Crippen LogP contribution in [-0.4, -0.2) is 42.9 Å². The highest BCUT2D eigenvalue weighted by atomic mass is 32.1. The largest absolute Gasteiger partial charge is 0.490 e. The lowest BCUT2D eigenvalue weighted by molar-refractivity contribution is -0.145. The van der Waals surface area contributed by atoms with Crippen LogP contribution >= 0.6 is 11.3 Å². The van der Waals surface area contributed by atoms with Gasteiger partial charge in [0.25, 0.3) is 5.56 Å². The average molecular weight is 593 g/mol. The summed E-state index contributed by atoms with van der Waals surface area (Å²) in [6.45, 7) is 11.9. The van der Waals surface area contributed by atoms with Gasteiger partial charge in [0.15, 0.2) is 22.9 Å². The molecule has 0 fully saturated rings. The summed E-state index contributed by atoms with van der Waals surface area (Å²) in [5.41, 5.74) is 3.24. The fourth-order valence-electron chi connectivity index (χ4n) is 4.66. The molecule has 0 bridgehead atoms. The molecule has 3 aromatic rings. The zero-order chi connectivity index (χ0) is 30.4. The molecule has 42 heavy (non-hydrogen) atoms. The molecule has 9 nitrogen and oxygen atoms in total. The Morgan fingerprint density at radius 1 is 0.976 bits per heavy atom. The lowest BCUT2D eigenvalue weighted by atomic mass is 9.93. The summed E-state index contributed by atoms with van der Waals surface area (Å²) >= 11 is 1.25. The van der Waals surface area contributed by atoms with Gasteiger partial charge < -0.3 is 18.9 Å². The molecule has 222 valence electrons. The summed E-state index contributed by atoms with van der Waals surface area (Å²) in [6.07, 6.45) is 1.75. The van der Waals surface area contributed by atoms with E-state index in [1.54, 1.807) is 49.6 Å². The predicted octanol–water partition coefficient (Wildman–Crippen LogP) is 4.26. The first-order valence-electron chi connectivity index (χ1n) is 14.0. The van der Waals surface area contributed by atoms with Gasteiger partial charge in [0, 0.05) is 0 Å². The number of nitrogens with zero attached hydrogens (tertiary/aromatic N) is 2. The number of hydrogen-bond donors (Lipinski definition) is 0. The summed E-state index contributed by atoms with van der Waals surface area (Å²) < 4.78 is 23.7. The molecule has 0 radical (unpaired) electrons. The van der Waals surface area contributed by atoms with Gasteiger partial charge in [-0.1, -0.05) is 55.5 Å². The van der Waals surface area contributed by atoms with Crippen molar-refractivity contribution in [2.45, 2.75) is 53.5 Å². The molecule has 0 unspecified atom stereocenters. The average Bonchev–Trinajstić information content (AvgIpc) is 3.26. The fourth-order valence-corrected chi connectivity index (χ4v) is 5.71. The van der Waals surface area contributed by atoms with Gasteiger partial charge in [-0.25, -0.2) is 14.6 Å². The van der Waals surface area contributed by atoms with Crippen molar-refractivity contribution in [3.05, 3.63) is 90.1 Å². The molecule has 4 rings (SSSR count). The van der Waals surface area contributed by atoms with Crippen LogP contribution in [0, 0.1) is 0 Å². The monoisotopic (exact) mass is 592 g/mol. The van der Waals surface area contributed by atoms with Gasteiger partial charge in [0.1, 0.15) is 0 Å². The minimum Gasteiger partial charge on any atom is -0.490 e. The Morgan fingerprint density at radius 3 is 2.33 bits per heavy atom. The van der Waals surface area contributed by atoms with Gasteiger partial charge in [-0.3, -0.25) is 9.36 Å². The molecule has 1 aliphatic rings. The highest BCUT2D eigenvalue weighted by Gasteiger charge is 2.33. The van der Waals surface area contributed by atoms with Gasteiger partial charge in [-0.2, -0.15) is 0 Å². The van der Waals surface area contributed by atoms with Gasteiger partial charge in [-0.05, 0) is 68.5 Å². The second-order valence-corrected chi connectivity index (χ2v) is 10.9. The topological polar surface area (TPSA) is 105 Å². The van der Waals surface area contributed by atoms with Gasteiger partial charge in [0.05, 0.1) is 41.7 Å². The van der Waals surface area contributed by atoms with Crippen LogP contribution in [0.25, 0.3) is 6.08 Å². The van der Waals surface area contributed by atoms with E-state index in [9.17, 15) is 14.4 Å². The number of carbonyl (C=O) groups is 2. The summed E-state index contributed by atoms with van der Waals surface area (Å²) in [7, 11) is 0. The number of hydrogen-bond acceptors (Lipinski definition) is 9. The Hall–Kier alpha value is -4.18. The van der Waals surface area contributed by atoms with Crippen molar-refractivity contribution in [2.75, 3.05) is 26.4 Å². The van der Waals surface area contributed by atoms with E-state index in [1.807, 2.05) is 31.2 Å². The molecule has 2 aromatic carbocycles. The predicted molar refractivity (Wildman–Crippen MR) is 161 cm³/mol. The molecule has 0 amide bonds. The summed E-state index contributed by atoms with van der Waals surface area (Å²) in [6, 6.07) is 12.5.